The van der Waals surface area contributed by atoms with Crippen molar-refractivity contribution < 1.29 is 39.1 Å². The number of anilines is 1. The molecule has 204 valence electrons. The molecule has 4 atom stereocenters. The fraction of sp³-hybridized carbons (Fsp3) is 0.214. The van der Waals surface area contributed by atoms with Crippen LogP contribution in [0.5, 0.6) is 5.75 Å². The highest BCUT2D eigenvalue weighted by molar-refractivity contribution is 6.25. The van der Waals surface area contributed by atoms with Crippen LogP contribution in [0.2, 0.25) is 0 Å². The molecule has 5 rings (SSSR count). The second-order valence-electron chi connectivity index (χ2n) is 9.62. The Morgan fingerprint density at radius 3 is 2.27 bits per heavy atom. The number of imide groups is 1. The number of aliphatic carboxylic acids is 1. The third-order valence-corrected chi connectivity index (χ3v) is 7.50. The van der Waals surface area contributed by atoms with E-state index in [-0.39, 0.29) is 23.4 Å². The van der Waals surface area contributed by atoms with E-state index in [0.717, 1.165) is 6.07 Å². The van der Waals surface area contributed by atoms with Gasteiger partial charge in [-0.15, -0.1) is 0 Å². The van der Waals surface area contributed by atoms with Crippen molar-refractivity contribution in [1.29, 1.82) is 0 Å². The number of carboxylic acids is 2. The van der Waals surface area contributed by atoms with Crippen LogP contribution in [0.4, 0.5) is 11.4 Å². The first-order chi connectivity index (χ1) is 19.1. The van der Waals surface area contributed by atoms with Crippen molar-refractivity contribution >= 4 is 35.1 Å². The van der Waals surface area contributed by atoms with Crippen molar-refractivity contribution in [2.45, 2.75) is 18.0 Å². The molecule has 2 saturated heterocycles. The van der Waals surface area contributed by atoms with Crippen LogP contribution in [0.25, 0.3) is 0 Å². The quantitative estimate of drug-likeness (QED) is 0.217. The van der Waals surface area contributed by atoms with Gasteiger partial charge in [-0.1, -0.05) is 42.5 Å². The monoisotopic (exact) mass is 545 g/mol. The summed E-state index contributed by atoms with van der Waals surface area (Å²) in [6, 6.07) is 16.8. The summed E-state index contributed by atoms with van der Waals surface area (Å²) in [7, 11) is 1.31. The van der Waals surface area contributed by atoms with Gasteiger partial charge in [0.2, 0.25) is 11.8 Å². The second-order valence-corrected chi connectivity index (χ2v) is 9.62. The number of carbonyl (C=O) groups is 4. The van der Waals surface area contributed by atoms with Crippen molar-refractivity contribution in [2.24, 2.45) is 11.8 Å². The summed E-state index contributed by atoms with van der Waals surface area (Å²) in [6.45, 7) is 0. The minimum atomic E-state index is -1.95. The van der Waals surface area contributed by atoms with E-state index in [0.29, 0.717) is 16.0 Å². The molecule has 12 heteroatoms. The van der Waals surface area contributed by atoms with Gasteiger partial charge in [-0.05, 0) is 35.4 Å². The number of methoxy groups -OCH3 is 1. The number of nitro groups is 1. The number of rotatable bonds is 8. The molecule has 2 aliphatic heterocycles. The number of hydrogen-bond donors (Lipinski definition) is 3. The van der Waals surface area contributed by atoms with Crippen LogP contribution in [0.15, 0.2) is 72.8 Å². The van der Waals surface area contributed by atoms with Crippen LogP contribution in [0.3, 0.4) is 0 Å². The number of nitro benzene ring substituents is 1. The molecule has 2 fully saturated rings. The number of nitrogens with one attached hydrogen (secondary N) is 1. The van der Waals surface area contributed by atoms with Crippen LogP contribution < -0.4 is 15.0 Å². The predicted octanol–water partition coefficient (Wildman–Crippen LogP) is 2.82. The van der Waals surface area contributed by atoms with Crippen molar-refractivity contribution in [1.82, 2.24) is 5.32 Å². The lowest BCUT2D eigenvalue weighted by atomic mass is 9.76. The first-order valence-corrected chi connectivity index (χ1v) is 12.2. The standard InChI is InChI=1S/C28H23N3O9/c1-40-18-11-12-19(20(13-18)31(38)39)30-24(32)21-22(25(30)33)28(27(36)37,14-15-5-3-2-4-6-15)29-23(21)16-7-9-17(10-8-16)26(34)35/h2-13,21-23,29H,14H2,1H3,(H,34,35)(H,36,37)/t21-,22+,23-,28+/m0/s1. The highest BCUT2D eigenvalue weighted by Crippen LogP contribution is 2.52. The molecular weight excluding hydrogens is 522 g/mol. The van der Waals surface area contributed by atoms with Crippen molar-refractivity contribution in [3.05, 3.63) is 99.6 Å². The maximum atomic E-state index is 14.0. The van der Waals surface area contributed by atoms with E-state index >= 15 is 0 Å². The van der Waals surface area contributed by atoms with E-state index in [1.807, 2.05) is 0 Å². The number of fused-ring (bicyclic) bond motifs is 1. The van der Waals surface area contributed by atoms with Gasteiger partial charge in [0.15, 0.2) is 0 Å². The lowest BCUT2D eigenvalue weighted by Crippen LogP contribution is -2.57. The Bertz CT molecular complexity index is 1540. The highest BCUT2D eigenvalue weighted by Gasteiger charge is 2.69. The summed E-state index contributed by atoms with van der Waals surface area (Å²) < 4.78 is 5.06. The van der Waals surface area contributed by atoms with Gasteiger partial charge >= 0.3 is 11.9 Å². The summed E-state index contributed by atoms with van der Waals surface area (Å²) in [5.74, 6) is -6.77. The first-order valence-electron chi connectivity index (χ1n) is 12.2. The van der Waals surface area contributed by atoms with Gasteiger partial charge in [-0.2, -0.15) is 0 Å². The minimum Gasteiger partial charge on any atom is -0.496 e. The number of benzene rings is 3. The zero-order valence-corrected chi connectivity index (χ0v) is 21.0. The Morgan fingerprint density at radius 1 is 1.02 bits per heavy atom. The summed E-state index contributed by atoms with van der Waals surface area (Å²) in [5.41, 5.74) is -1.84. The normalized spacial score (nSPS) is 23.6. The molecule has 3 aromatic carbocycles. The molecule has 0 aromatic heterocycles. The molecule has 12 nitrogen and oxygen atoms in total. The maximum absolute atomic E-state index is 14.0. The second kappa shape index (κ2) is 9.89. The van der Waals surface area contributed by atoms with E-state index in [1.54, 1.807) is 30.3 Å². The Morgan fingerprint density at radius 2 is 1.70 bits per heavy atom. The van der Waals surface area contributed by atoms with Gasteiger partial charge < -0.3 is 14.9 Å². The molecule has 40 heavy (non-hydrogen) atoms. The molecule has 2 heterocycles. The Balaban J connectivity index is 1.67. The zero-order chi connectivity index (χ0) is 28.8. The van der Waals surface area contributed by atoms with E-state index in [4.69, 9.17) is 4.74 Å². The molecular formula is C28H23N3O9. The number of hydrogen-bond acceptors (Lipinski definition) is 8. The Hall–Kier alpha value is -5.10. The maximum Gasteiger partial charge on any atom is 0.335 e. The molecule has 0 unspecified atom stereocenters. The minimum absolute atomic E-state index is 0.0172. The van der Waals surface area contributed by atoms with Crippen molar-refractivity contribution in [3.8, 4) is 5.75 Å². The van der Waals surface area contributed by atoms with Gasteiger partial charge in [0.1, 0.15) is 17.0 Å². The lowest BCUT2D eigenvalue weighted by Gasteiger charge is -2.31. The summed E-state index contributed by atoms with van der Waals surface area (Å²) in [5, 5.41) is 34.8. The third kappa shape index (κ3) is 4.14. The van der Waals surface area contributed by atoms with Crippen LogP contribution in [0, 0.1) is 22.0 Å². The van der Waals surface area contributed by atoms with Crippen LogP contribution >= 0.6 is 0 Å². The van der Waals surface area contributed by atoms with Crippen molar-refractivity contribution in [3.63, 3.8) is 0 Å². The van der Waals surface area contributed by atoms with Crippen LogP contribution in [0.1, 0.15) is 27.5 Å². The zero-order valence-electron chi connectivity index (χ0n) is 21.0. The topological polar surface area (TPSA) is 176 Å². The van der Waals surface area contributed by atoms with Gasteiger partial charge in [-0.25, -0.2) is 9.69 Å². The molecule has 0 aliphatic carbocycles. The van der Waals surface area contributed by atoms with Gasteiger partial charge in [0, 0.05) is 12.5 Å². The van der Waals surface area contributed by atoms with Crippen molar-refractivity contribution in [2.75, 3.05) is 12.0 Å². The van der Waals surface area contributed by atoms with Gasteiger partial charge in [-0.3, -0.25) is 29.8 Å². The Labute approximate surface area is 226 Å². The number of amides is 2. The number of ether oxygens (including phenoxy) is 1. The Kier molecular flexibility index (Phi) is 6.56. The fourth-order valence-electron chi connectivity index (χ4n) is 5.68. The SMILES string of the molecule is COc1ccc(N2C(=O)[C@@H]3[C@H](c4ccc(C(=O)O)cc4)N[C@@](Cc4ccccc4)(C(=O)O)[C@H]3C2=O)c([N+](=O)[O-])c1. The van der Waals surface area contributed by atoms with E-state index in [1.165, 1.54) is 43.5 Å². The fourth-order valence-corrected chi connectivity index (χ4v) is 5.68. The van der Waals surface area contributed by atoms with Crippen LogP contribution in [-0.4, -0.2) is 51.5 Å². The number of aromatic carboxylic acids is 1. The van der Waals surface area contributed by atoms with E-state index in [9.17, 15) is 39.5 Å². The molecule has 3 N–H and O–H groups in total. The number of carbonyl (C=O) groups excluding carboxylic acids is 2. The van der Waals surface area contributed by atoms with E-state index in [2.05, 4.69) is 5.32 Å². The van der Waals surface area contributed by atoms with E-state index < -0.39 is 57.8 Å². The third-order valence-electron chi connectivity index (χ3n) is 7.50. The summed E-state index contributed by atoms with van der Waals surface area (Å²) in [4.78, 5) is 64.2. The molecule has 0 saturated carbocycles. The molecule has 2 aliphatic rings. The smallest absolute Gasteiger partial charge is 0.335 e. The molecule has 0 bridgehead atoms. The highest BCUT2D eigenvalue weighted by atomic mass is 16.6. The van der Waals surface area contributed by atoms with Gasteiger partial charge in [0.25, 0.3) is 5.69 Å². The molecule has 0 radical (unpaired) electrons. The number of nitrogens with zero attached hydrogens (tertiary/aromatic N) is 2. The summed E-state index contributed by atoms with van der Waals surface area (Å²) >= 11 is 0. The first kappa shape index (κ1) is 26.5. The lowest BCUT2D eigenvalue weighted by molar-refractivity contribution is -0.384. The molecule has 2 amide bonds. The largest absolute Gasteiger partial charge is 0.496 e. The van der Waals surface area contributed by atoms with Crippen LogP contribution in [-0.2, 0) is 20.8 Å². The van der Waals surface area contributed by atoms with Gasteiger partial charge in [0.05, 0.1) is 35.5 Å². The molecule has 3 aromatic rings. The average molecular weight is 546 g/mol. The number of carboxylic acid groups (broad SMARTS) is 2. The molecule has 0 spiro atoms. The average Bonchev–Trinajstić information content (AvgIpc) is 3.42. The summed E-state index contributed by atoms with van der Waals surface area (Å²) in [6.07, 6.45) is -0.161. The predicted molar refractivity (Wildman–Crippen MR) is 139 cm³/mol.